The van der Waals surface area contributed by atoms with Crippen LogP contribution in [0.1, 0.15) is 76.0 Å². The van der Waals surface area contributed by atoms with Crippen molar-refractivity contribution in [1.29, 1.82) is 0 Å². The van der Waals surface area contributed by atoms with Crippen LogP contribution in [0.5, 0.6) is 0 Å². The Bertz CT molecular complexity index is 842. The first-order valence-corrected chi connectivity index (χ1v) is 10.7. The zero-order valence-corrected chi connectivity index (χ0v) is 17.7. The van der Waals surface area contributed by atoms with Crippen molar-refractivity contribution >= 4 is 22.9 Å². The maximum absolute atomic E-state index is 13.1. The molecule has 0 N–H and O–H groups in total. The highest BCUT2D eigenvalue weighted by atomic mass is 32.1. The van der Waals surface area contributed by atoms with Crippen molar-refractivity contribution in [3.8, 4) is 0 Å². The third-order valence-electron chi connectivity index (χ3n) is 5.90. The molecule has 144 valence electrons. The fraction of sp³-hybridized carbons (Fsp3) is 0.565. The van der Waals surface area contributed by atoms with E-state index in [4.69, 9.17) is 4.74 Å². The molecule has 0 radical (unpaired) electrons. The SMILES string of the molecule is CCc1ccc(C2C3=C(CC(C)(C)CC3=O)OC3=C2C(=O)CC(C)(C)C3)s1. The summed E-state index contributed by atoms with van der Waals surface area (Å²) >= 11 is 1.73. The van der Waals surface area contributed by atoms with Gasteiger partial charge in [0.2, 0.25) is 0 Å². The second-order valence-corrected chi connectivity index (χ2v) is 10.9. The molecule has 3 nitrogen and oxygen atoms in total. The van der Waals surface area contributed by atoms with E-state index in [1.54, 1.807) is 11.3 Å². The summed E-state index contributed by atoms with van der Waals surface area (Å²) in [5, 5.41) is 0. The normalized spacial score (nSPS) is 24.6. The topological polar surface area (TPSA) is 43.4 Å². The largest absolute Gasteiger partial charge is 0.465 e. The van der Waals surface area contributed by atoms with E-state index >= 15 is 0 Å². The molecule has 4 rings (SSSR count). The standard InChI is InChI=1S/C23H28O3S/c1-6-13-7-8-18(27-13)21-19-14(24)9-22(2,3)11-16(19)26-17-12-23(4,5)10-15(25)20(17)21/h7-8,21H,6,9-12H2,1-5H3. The van der Waals surface area contributed by atoms with E-state index in [9.17, 15) is 9.59 Å². The summed E-state index contributed by atoms with van der Waals surface area (Å²) in [5.41, 5.74) is 1.28. The van der Waals surface area contributed by atoms with Gasteiger partial charge in [0, 0.05) is 46.6 Å². The van der Waals surface area contributed by atoms with Crippen molar-refractivity contribution in [2.75, 3.05) is 0 Å². The molecule has 0 aromatic carbocycles. The van der Waals surface area contributed by atoms with E-state index in [2.05, 4.69) is 46.8 Å². The molecule has 0 amide bonds. The van der Waals surface area contributed by atoms with Gasteiger partial charge in [0.25, 0.3) is 0 Å². The second-order valence-electron chi connectivity index (χ2n) is 9.75. The number of ketones is 2. The van der Waals surface area contributed by atoms with Gasteiger partial charge in [-0.1, -0.05) is 34.6 Å². The Balaban J connectivity index is 1.89. The molecule has 2 aliphatic carbocycles. The highest BCUT2D eigenvalue weighted by molar-refractivity contribution is 7.12. The number of allylic oxidation sites excluding steroid dienone is 4. The number of hydrogen-bond acceptors (Lipinski definition) is 4. The molecule has 4 heteroatoms. The smallest absolute Gasteiger partial charge is 0.163 e. The van der Waals surface area contributed by atoms with E-state index in [1.807, 2.05) is 0 Å². The van der Waals surface area contributed by atoms with Gasteiger partial charge in [-0.05, 0) is 29.4 Å². The van der Waals surface area contributed by atoms with Gasteiger partial charge in [-0.2, -0.15) is 0 Å². The van der Waals surface area contributed by atoms with Gasteiger partial charge < -0.3 is 4.74 Å². The van der Waals surface area contributed by atoms with Crippen molar-refractivity contribution < 1.29 is 14.3 Å². The lowest BCUT2D eigenvalue weighted by atomic mass is 9.67. The summed E-state index contributed by atoms with van der Waals surface area (Å²) in [5.74, 6) is 1.65. The van der Waals surface area contributed by atoms with Crippen LogP contribution in [0, 0.1) is 10.8 Å². The first-order valence-electron chi connectivity index (χ1n) is 9.89. The van der Waals surface area contributed by atoms with Gasteiger partial charge in [-0.15, -0.1) is 11.3 Å². The molecule has 0 spiro atoms. The Morgan fingerprint density at radius 2 is 1.44 bits per heavy atom. The average Bonchev–Trinajstić information content (AvgIpc) is 2.99. The van der Waals surface area contributed by atoms with Crippen LogP contribution in [0.2, 0.25) is 0 Å². The Labute approximate surface area is 165 Å². The molecular formula is C23H28O3S. The van der Waals surface area contributed by atoms with Crippen LogP contribution in [-0.4, -0.2) is 11.6 Å². The molecule has 1 aromatic heterocycles. The Morgan fingerprint density at radius 3 is 1.89 bits per heavy atom. The lowest BCUT2D eigenvalue weighted by Gasteiger charge is -2.42. The van der Waals surface area contributed by atoms with E-state index in [1.165, 1.54) is 4.88 Å². The van der Waals surface area contributed by atoms with Crippen molar-refractivity contribution in [2.45, 2.75) is 72.6 Å². The lowest BCUT2D eigenvalue weighted by Crippen LogP contribution is -2.37. The molecule has 1 aromatic rings. The molecule has 0 bridgehead atoms. The second kappa shape index (κ2) is 6.16. The highest BCUT2D eigenvalue weighted by Gasteiger charge is 2.48. The number of carbonyl (C=O) groups is 2. The van der Waals surface area contributed by atoms with Crippen LogP contribution < -0.4 is 0 Å². The summed E-state index contributed by atoms with van der Waals surface area (Å²) in [6, 6.07) is 4.24. The maximum atomic E-state index is 13.1. The molecule has 0 fully saturated rings. The van der Waals surface area contributed by atoms with Crippen molar-refractivity contribution in [2.24, 2.45) is 10.8 Å². The first-order chi connectivity index (χ1) is 12.6. The third kappa shape index (κ3) is 3.22. The summed E-state index contributed by atoms with van der Waals surface area (Å²) in [7, 11) is 0. The fourth-order valence-electron chi connectivity index (χ4n) is 4.70. The van der Waals surface area contributed by atoms with Crippen LogP contribution in [0.3, 0.4) is 0 Å². The monoisotopic (exact) mass is 384 g/mol. The van der Waals surface area contributed by atoms with Gasteiger partial charge in [-0.25, -0.2) is 0 Å². The van der Waals surface area contributed by atoms with Gasteiger partial charge in [0.1, 0.15) is 11.5 Å². The van der Waals surface area contributed by atoms with E-state index < -0.39 is 0 Å². The van der Waals surface area contributed by atoms with E-state index in [0.29, 0.717) is 12.8 Å². The fourth-order valence-corrected chi connectivity index (χ4v) is 5.77. The predicted octanol–water partition coefficient (Wildman–Crippen LogP) is 5.71. The Kier molecular flexibility index (Phi) is 4.26. The van der Waals surface area contributed by atoms with Gasteiger partial charge >= 0.3 is 0 Å². The number of thiophene rings is 1. The number of aryl methyl sites for hydroxylation is 1. The van der Waals surface area contributed by atoms with E-state index in [-0.39, 0.29) is 28.3 Å². The molecule has 3 aliphatic rings. The predicted molar refractivity (Wildman–Crippen MR) is 108 cm³/mol. The molecule has 0 saturated carbocycles. The molecule has 1 aliphatic heterocycles. The minimum absolute atomic E-state index is 0.100. The van der Waals surface area contributed by atoms with Crippen molar-refractivity contribution in [3.05, 3.63) is 44.6 Å². The number of ether oxygens (including phenoxy) is 1. The van der Waals surface area contributed by atoms with Gasteiger partial charge in [0.05, 0.1) is 5.92 Å². The zero-order chi connectivity index (χ0) is 19.6. The van der Waals surface area contributed by atoms with Crippen LogP contribution in [0.15, 0.2) is 34.8 Å². The molecule has 0 saturated heterocycles. The zero-order valence-electron chi connectivity index (χ0n) is 16.9. The van der Waals surface area contributed by atoms with Crippen LogP contribution in [-0.2, 0) is 20.7 Å². The van der Waals surface area contributed by atoms with E-state index in [0.717, 1.165) is 46.8 Å². The molecule has 27 heavy (non-hydrogen) atoms. The molecular weight excluding hydrogens is 356 g/mol. The summed E-state index contributed by atoms with van der Waals surface area (Å²) in [4.78, 5) is 28.7. The Morgan fingerprint density at radius 1 is 0.926 bits per heavy atom. The average molecular weight is 385 g/mol. The summed E-state index contributed by atoms with van der Waals surface area (Å²) in [6.07, 6.45) is 3.50. The van der Waals surface area contributed by atoms with Gasteiger partial charge in [-0.3, -0.25) is 9.59 Å². The number of hydrogen-bond donors (Lipinski definition) is 0. The van der Waals surface area contributed by atoms with Crippen LogP contribution in [0.4, 0.5) is 0 Å². The van der Waals surface area contributed by atoms with Crippen LogP contribution >= 0.6 is 11.3 Å². The highest BCUT2D eigenvalue weighted by Crippen LogP contribution is 2.54. The lowest BCUT2D eigenvalue weighted by molar-refractivity contribution is -0.120. The number of Topliss-reactive ketones (excluding diaryl/α,β-unsaturated/α-hetero) is 2. The molecule has 2 heterocycles. The van der Waals surface area contributed by atoms with Crippen molar-refractivity contribution in [1.82, 2.24) is 0 Å². The summed E-state index contributed by atoms with van der Waals surface area (Å²) in [6.45, 7) is 10.6. The quantitative estimate of drug-likeness (QED) is 0.656. The Hall–Kier alpha value is -1.68. The van der Waals surface area contributed by atoms with Gasteiger partial charge in [0.15, 0.2) is 11.6 Å². The maximum Gasteiger partial charge on any atom is 0.163 e. The third-order valence-corrected chi connectivity index (χ3v) is 7.19. The molecule has 0 atom stereocenters. The number of carbonyl (C=O) groups excluding carboxylic acids is 2. The minimum Gasteiger partial charge on any atom is -0.465 e. The van der Waals surface area contributed by atoms with Crippen molar-refractivity contribution in [3.63, 3.8) is 0 Å². The summed E-state index contributed by atoms with van der Waals surface area (Å²) < 4.78 is 6.31. The molecule has 0 unspecified atom stereocenters. The van der Waals surface area contributed by atoms with Crippen LogP contribution in [0.25, 0.3) is 0 Å². The first kappa shape index (κ1) is 18.7. The number of rotatable bonds is 2. The minimum atomic E-state index is -0.235.